The first-order valence-electron chi connectivity index (χ1n) is 5.52. The summed E-state index contributed by atoms with van der Waals surface area (Å²) in [5.74, 6) is 0.581. The first-order valence-corrected chi connectivity index (χ1v) is 5.52. The van der Waals surface area contributed by atoms with Crippen molar-refractivity contribution >= 4 is 16.7 Å². The van der Waals surface area contributed by atoms with Gasteiger partial charge in [0, 0.05) is 18.9 Å². The molecule has 94 valence electrons. The summed E-state index contributed by atoms with van der Waals surface area (Å²) in [6.45, 7) is -0.124. The number of nitrogens with one attached hydrogen (secondary N) is 1. The number of fused-ring (bicyclic) bond motifs is 1. The molecule has 1 heterocycles. The van der Waals surface area contributed by atoms with E-state index < -0.39 is 0 Å². The Balaban J connectivity index is 2.36. The number of aliphatic hydroxyl groups is 1. The number of hydrogen-bond acceptors (Lipinski definition) is 5. The molecular formula is C13H11N5O. The van der Waals surface area contributed by atoms with Crippen molar-refractivity contribution in [1.29, 1.82) is 10.5 Å². The summed E-state index contributed by atoms with van der Waals surface area (Å²) in [7, 11) is 1.83. The number of aliphatic hydroxyl groups excluding tert-OH is 1. The molecular weight excluding hydrogens is 242 g/mol. The Hall–Kier alpha value is -2.83. The molecule has 0 saturated carbocycles. The molecule has 0 atom stereocenters. The quantitative estimate of drug-likeness (QED) is 0.806. The number of allylic oxidation sites excluding steroid dienone is 1. The molecule has 0 fully saturated rings. The number of benzene rings is 1. The van der Waals surface area contributed by atoms with Crippen molar-refractivity contribution in [2.24, 2.45) is 7.05 Å². The maximum atomic E-state index is 9.15. The molecule has 0 aliphatic carbocycles. The van der Waals surface area contributed by atoms with Crippen LogP contribution in [-0.4, -0.2) is 14.7 Å². The average molecular weight is 253 g/mol. The van der Waals surface area contributed by atoms with Crippen molar-refractivity contribution in [3.05, 3.63) is 35.8 Å². The zero-order chi connectivity index (χ0) is 13.8. The second-order valence-electron chi connectivity index (χ2n) is 3.87. The van der Waals surface area contributed by atoms with Gasteiger partial charge in [-0.1, -0.05) is 0 Å². The van der Waals surface area contributed by atoms with Crippen molar-refractivity contribution in [1.82, 2.24) is 9.55 Å². The van der Waals surface area contributed by atoms with Crippen molar-refractivity contribution in [3.63, 3.8) is 0 Å². The molecule has 6 heteroatoms. The molecule has 2 aromatic rings. The number of aryl methyl sites for hydroxylation is 1. The first-order chi connectivity index (χ1) is 9.19. The highest BCUT2D eigenvalue weighted by Gasteiger charge is 2.06. The van der Waals surface area contributed by atoms with E-state index in [1.807, 2.05) is 23.7 Å². The Morgan fingerprint density at radius 2 is 2.21 bits per heavy atom. The van der Waals surface area contributed by atoms with Crippen LogP contribution < -0.4 is 5.32 Å². The van der Waals surface area contributed by atoms with E-state index in [9.17, 15) is 0 Å². The third-order valence-corrected chi connectivity index (χ3v) is 2.74. The van der Waals surface area contributed by atoms with Crippen LogP contribution >= 0.6 is 0 Å². The van der Waals surface area contributed by atoms with E-state index in [2.05, 4.69) is 10.3 Å². The van der Waals surface area contributed by atoms with Gasteiger partial charge in [0.15, 0.2) is 0 Å². The fourth-order valence-corrected chi connectivity index (χ4v) is 1.73. The number of nitrogens with zero attached hydrogens (tertiary/aromatic N) is 4. The van der Waals surface area contributed by atoms with Gasteiger partial charge in [-0.2, -0.15) is 10.5 Å². The summed E-state index contributed by atoms with van der Waals surface area (Å²) < 4.78 is 1.81. The van der Waals surface area contributed by atoms with E-state index in [0.29, 0.717) is 5.82 Å². The molecule has 0 amide bonds. The summed E-state index contributed by atoms with van der Waals surface area (Å²) in [6.07, 6.45) is 1.34. The van der Waals surface area contributed by atoms with Gasteiger partial charge in [0.1, 0.15) is 30.1 Å². The Labute approximate surface area is 109 Å². The van der Waals surface area contributed by atoms with Gasteiger partial charge in [-0.15, -0.1) is 0 Å². The number of aromatic nitrogens is 2. The lowest BCUT2D eigenvalue weighted by Gasteiger charge is -2.01. The average Bonchev–Trinajstić information content (AvgIpc) is 2.76. The van der Waals surface area contributed by atoms with Crippen LogP contribution in [0.2, 0.25) is 0 Å². The van der Waals surface area contributed by atoms with Crippen molar-refractivity contribution in [2.45, 2.75) is 6.61 Å². The zero-order valence-corrected chi connectivity index (χ0v) is 10.3. The van der Waals surface area contributed by atoms with E-state index >= 15 is 0 Å². The number of imidazole rings is 1. The number of rotatable bonds is 3. The second kappa shape index (κ2) is 5.21. The van der Waals surface area contributed by atoms with Crippen LogP contribution in [-0.2, 0) is 13.7 Å². The van der Waals surface area contributed by atoms with Crippen LogP contribution in [0, 0.1) is 22.7 Å². The summed E-state index contributed by atoms with van der Waals surface area (Å²) in [6, 6.07) is 8.99. The lowest BCUT2D eigenvalue weighted by molar-refractivity contribution is 0.268. The Bertz CT molecular complexity index is 714. The van der Waals surface area contributed by atoms with Crippen LogP contribution in [0.25, 0.3) is 11.0 Å². The third kappa shape index (κ3) is 2.39. The lowest BCUT2D eigenvalue weighted by Crippen LogP contribution is -1.96. The van der Waals surface area contributed by atoms with Gasteiger partial charge in [-0.05, 0) is 18.2 Å². The van der Waals surface area contributed by atoms with E-state index in [4.69, 9.17) is 15.6 Å². The van der Waals surface area contributed by atoms with Gasteiger partial charge < -0.3 is 15.0 Å². The molecule has 1 aromatic carbocycles. The van der Waals surface area contributed by atoms with E-state index in [-0.39, 0.29) is 12.2 Å². The minimum absolute atomic E-state index is 0.00262. The molecule has 0 radical (unpaired) electrons. The first kappa shape index (κ1) is 12.6. The maximum Gasteiger partial charge on any atom is 0.145 e. The van der Waals surface area contributed by atoms with E-state index in [0.717, 1.165) is 16.7 Å². The molecule has 0 bridgehead atoms. The van der Waals surface area contributed by atoms with Crippen LogP contribution in [0.15, 0.2) is 30.0 Å². The molecule has 6 nitrogen and oxygen atoms in total. The highest BCUT2D eigenvalue weighted by atomic mass is 16.3. The second-order valence-corrected chi connectivity index (χ2v) is 3.87. The topological polar surface area (TPSA) is 97.7 Å². The third-order valence-electron chi connectivity index (χ3n) is 2.74. The van der Waals surface area contributed by atoms with E-state index in [1.165, 1.54) is 6.20 Å². The summed E-state index contributed by atoms with van der Waals surface area (Å²) >= 11 is 0. The monoisotopic (exact) mass is 253 g/mol. The highest BCUT2D eigenvalue weighted by molar-refractivity contribution is 5.80. The molecule has 1 aromatic heterocycles. The molecule has 0 aliphatic rings. The Kier molecular flexibility index (Phi) is 3.46. The van der Waals surface area contributed by atoms with Crippen molar-refractivity contribution < 1.29 is 5.11 Å². The molecule has 2 rings (SSSR count). The van der Waals surface area contributed by atoms with Crippen molar-refractivity contribution in [2.75, 3.05) is 5.32 Å². The van der Waals surface area contributed by atoms with Gasteiger partial charge in [0.05, 0.1) is 11.0 Å². The van der Waals surface area contributed by atoms with Gasteiger partial charge in [-0.3, -0.25) is 0 Å². The minimum atomic E-state index is -0.124. The van der Waals surface area contributed by atoms with Gasteiger partial charge in [0.25, 0.3) is 0 Å². The van der Waals surface area contributed by atoms with Gasteiger partial charge >= 0.3 is 0 Å². The lowest BCUT2D eigenvalue weighted by atomic mass is 10.2. The summed E-state index contributed by atoms with van der Waals surface area (Å²) in [5.41, 5.74) is 2.36. The van der Waals surface area contributed by atoms with Crippen LogP contribution in [0.1, 0.15) is 5.82 Å². The molecule has 2 N–H and O–H groups in total. The zero-order valence-electron chi connectivity index (χ0n) is 10.3. The molecule has 0 saturated heterocycles. The van der Waals surface area contributed by atoms with Crippen LogP contribution in [0.4, 0.5) is 5.69 Å². The number of anilines is 1. The minimum Gasteiger partial charge on any atom is -0.388 e. The van der Waals surface area contributed by atoms with E-state index in [1.54, 1.807) is 18.2 Å². The Morgan fingerprint density at radius 1 is 1.47 bits per heavy atom. The molecule has 0 spiro atoms. The largest absolute Gasteiger partial charge is 0.388 e. The summed E-state index contributed by atoms with van der Waals surface area (Å²) in [5, 5.41) is 29.3. The SMILES string of the molecule is Cn1c(CO)nc2cc(NC=C(C#N)C#N)ccc21. The fraction of sp³-hybridized carbons (Fsp3) is 0.154. The van der Waals surface area contributed by atoms with Crippen molar-refractivity contribution in [3.8, 4) is 12.1 Å². The van der Waals surface area contributed by atoms with Gasteiger partial charge in [0.2, 0.25) is 0 Å². The molecule has 19 heavy (non-hydrogen) atoms. The predicted octanol–water partition coefficient (Wildman–Crippen LogP) is 1.41. The van der Waals surface area contributed by atoms with Gasteiger partial charge in [-0.25, -0.2) is 4.98 Å². The highest BCUT2D eigenvalue weighted by Crippen LogP contribution is 2.19. The number of nitriles is 2. The standard InChI is InChI=1S/C13H11N5O/c1-18-12-3-2-10(16-7-9(5-14)6-15)4-11(12)17-13(18)8-19/h2-4,7,16,19H,8H2,1H3. The number of hydrogen-bond donors (Lipinski definition) is 2. The smallest absolute Gasteiger partial charge is 0.145 e. The molecule has 0 unspecified atom stereocenters. The van der Waals surface area contributed by atoms with Crippen LogP contribution in [0.5, 0.6) is 0 Å². The summed E-state index contributed by atoms with van der Waals surface area (Å²) in [4.78, 5) is 4.28. The predicted molar refractivity (Wildman–Crippen MR) is 69.6 cm³/mol. The molecule has 0 aliphatic heterocycles. The maximum absolute atomic E-state index is 9.15. The Morgan fingerprint density at radius 3 is 2.84 bits per heavy atom. The normalized spacial score (nSPS) is 9.68. The fourth-order valence-electron chi connectivity index (χ4n) is 1.73. The van der Waals surface area contributed by atoms with Crippen LogP contribution in [0.3, 0.4) is 0 Å².